The highest BCUT2D eigenvalue weighted by atomic mass is 16.4. The summed E-state index contributed by atoms with van der Waals surface area (Å²) in [6, 6.07) is 3.76. The molecule has 0 amide bonds. The first kappa shape index (κ1) is 12.4. The first-order chi connectivity index (χ1) is 8.34. The molecular weight excluding hydrogens is 230 g/mol. The molecule has 0 aliphatic heterocycles. The fourth-order valence-corrected chi connectivity index (χ4v) is 2.53. The lowest BCUT2D eigenvalue weighted by atomic mass is 9.99. The maximum Gasteiger partial charge on any atom is 0.336 e. The van der Waals surface area contributed by atoms with Crippen LogP contribution in [0.1, 0.15) is 27.0 Å². The zero-order valence-corrected chi connectivity index (χ0v) is 10.9. The van der Waals surface area contributed by atoms with E-state index < -0.39 is 5.97 Å². The van der Waals surface area contributed by atoms with Crippen LogP contribution in [0.4, 0.5) is 0 Å². The monoisotopic (exact) mass is 245 g/mol. The second kappa shape index (κ2) is 3.98. The Hall–Kier alpha value is -2.10. The molecule has 2 aromatic rings. The van der Waals surface area contributed by atoms with Crippen molar-refractivity contribution in [3.05, 3.63) is 44.7 Å². The fraction of sp³-hybridized carbons (Fsp3) is 0.286. The number of nitrogens with zero attached hydrogens (tertiary/aromatic N) is 1. The van der Waals surface area contributed by atoms with E-state index in [0.29, 0.717) is 10.9 Å². The number of hydrogen-bond acceptors (Lipinski definition) is 2. The molecule has 1 aromatic carbocycles. The van der Waals surface area contributed by atoms with Gasteiger partial charge in [-0.1, -0.05) is 11.6 Å². The number of hydrogen-bond donors (Lipinski definition) is 1. The SMILES string of the molecule is Cc1cc(C)c2c(c1)c(C(=O)O)c(C)c(=O)n2C. The Labute approximate surface area is 104 Å². The van der Waals surface area contributed by atoms with Gasteiger partial charge < -0.3 is 9.67 Å². The Kier molecular flexibility index (Phi) is 2.73. The number of aromatic nitrogens is 1. The van der Waals surface area contributed by atoms with Crippen LogP contribution in [-0.4, -0.2) is 15.6 Å². The number of pyridine rings is 1. The molecule has 0 aliphatic rings. The number of carbonyl (C=O) groups is 1. The van der Waals surface area contributed by atoms with Gasteiger partial charge in [0.25, 0.3) is 5.56 Å². The average molecular weight is 245 g/mol. The molecule has 0 saturated carbocycles. The molecule has 18 heavy (non-hydrogen) atoms. The van der Waals surface area contributed by atoms with Gasteiger partial charge in [-0.05, 0) is 32.4 Å². The highest BCUT2D eigenvalue weighted by Crippen LogP contribution is 2.24. The van der Waals surface area contributed by atoms with Gasteiger partial charge in [0, 0.05) is 18.0 Å². The van der Waals surface area contributed by atoms with Crippen molar-refractivity contribution in [2.24, 2.45) is 7.05 Å². The molecular formula is C14H15NO3. The minimum absolute atomic E-state index is 0.111. The van der Waals surface area contributed by atoms with E-state index in [1.54, 1.807) is 14.0 Å². The topological polar surface area (TPSA) is 59.3 Å². The molecule has 0 atom stereocenters. The van der Waals surface area contributed by atoms with E-state index in [2.05, 4.69) is 0 Å². The molecule has 4 nitrogen and oxygen atoms in total. The molecule has 0 spiro atoms. The lowest BCUT2D eigenvalue weighted by Gasteiger charge is -2.13. The molecule has 4 heteroatoms. The van der Waals surface area contributed by atoms with Crippen LogP contribution in [0.15, 0.2) is 16.9 Å². The molecule has 2 rings (SSSR count). The molecule has 1 heterocycles. The van der Waals surface area contributed by atoms with Crippen LogP contribution >= 0.6 is 0 Å². The summed E-state index contributed by atoms with van der Waals surface area (Å²) in [6.45, 7) is 5.36. The van der Waals surface area contributed by atoms with E-state index in [0.717, 1.165) is 11.1 Å². The lowest BCUT2D eigenvalue weighted by Crippen LogP contribution is -2.24. The van der Waals surface area contributed by atoms with Crippen LogP contribution in [-0.2, 0) is 7.05 Å². The van der Waals surface area contributed by atoms with E-state index in [9.17, 15) is 14.7 Å². The quantitative estimate of drug-likeness (QED) is 0.837. The molecule has 94 valence electrons. The highest BCUT2D eigenvalue weighted by molar-refractivity contribution is 6.04. The summed E-state index contributed by atoms with van der Waals surface area (Å²) in [4.78, 5) is 23.4. The Morgan fingerprint density at radius 3 is 2.39 bits per heavy atom. The van der Waals surface area contributed by atoms with Crippen molar-refractivity contribution in [2.45, 2.75) is 20.8 Å². The molecule has 0 saturated heterocycles. The maximum absolute atomic E-state index is 12.0. The summed E-state index contributed by atoms with van der Waals surface area (Å²) in [6.07, 6.45) is 0. The third-order valence-electron chi connectivity index (χ3n) is 3.26. The van der Waals surface area contributed by atoms with Gasteiger partial charge in [0.2, 0.25) is 0 Å². The molecule has 0 radical (unpaired) electrons. The number of fused-ring (bicyclic) bond motifs is 1. The summed E-state index contributed by atoms with van der Waals surface area (Å²) in [5.41, 5.74) is 2.72. The Balaban J connectivity index is 3.18. The predicted octanol–water partition coefficient (Wildman–Crippen LogP) is 2.16. The standard InChI is InChI=1S/C14H15NO3/c1-7-5-8(2)12-10(6-7)11(14(17)18)9(3)13(16)15(12)4/h5-6H,1-4H3,(H,17,18). The summed E-state index contributed by atoms with van der Waals surface area (Å²) >= 11 is 0. The van der Waals surface area contributed by atoms with Crippen LogP contribution in [0, 0.1) is 20.8 Å². The van der Waals surface area contributed by atoms with Crippen molar-refractivity contribution in [1.82, 2.24) is 4.57 Å². The second-order valence-electron chi connectivity index (χ2n) is 4.65. The van der Waals surface area contributed by atoms with Crippen molar-refractivity contribution in [1.29, 1.82) is 0 Å². The Morgan fingerprint density at radius 2 is 1.83 bits per heavy atom. The first-order valence-corrected chi connectivity index (χ1v) is 5.68. The minimum atomic E-state index is -1.06. The molecule has 0 unspecified atom stereocenters. The number of carboxylic acids is 1. The molecule has 0 bridgehead atoms. The van der Waals surface area contributed by atoms with Crippen molar-refractivity contribution >= 4 is 16.9 Å². The minimum Gasteiger partial charge on any atom is -0.478 e. The summed E-state index contributed by atoms with van der Waals surface area (Å²) in [5, 5.41) is 9.94. The van der Waals surface area contributed by atoms with Crippen molar-refractivity contribution in [3.63, 3.8) is 0 Å². The van der Waals surface area contributed by atoms with Crippen LogP contribution in [0.5, 0.6) is 0 Å². The third kappa shape index (κ3) is 1.61. The van der Waals surface area contributed by atoms with Crippen molar-refractivity contribution < 1.29 is 9.90 Å². The van der Waals surface area contributed by atoms with Gasteiger partial charge in [0.1, 0.15) is 0 Å². The van der Waals surface area contributed by atoms with E-state index in [-0.39, 0.29) is 16.7 Å². The number of benzene rings is 1. The van der Waals surface area contributed by atoms with E-state index >= 15 is 0 Å². The second-order valence-corrected chi connectivity index (χ2v) is 4.65. The fourth-order valence-electron chi connectivity index (χ4n) is 2.53. The number of aromatic carboxylic acids is 1. The molecule has 1 aromatic heterocycles. The van der Waals surface area contributed by atoms with Crippen LogP contribution in [0.2, 0.25) is 0 Å². The van der Waals surface area contributed by atoms with Gasteiger partial charge >= 0.3 is 5.97 Å². The van der Waals surface area contributed by atoms with Gasteiger partial charge in [-0.3, -0.25) is 4.79 Å². The molecule has 0 aliphatic carbocycles. The van der Waals surface area contributed by atoms with Crippen molar-refractivity contribution in [3.8, 4) is 0 Å². The number of carboxylic acid groups (broad SMARTS) is 1. The van der Waals surface area contributed by atoms with Crippen LogP contribution < -0.4 is 5.56 Å². The predicted molar refractivity (Wildman–Crippen MR) is 70.4 cm³/mol. The van der Waals surface area contributed by atoms with E-state index in [1.165, 1.54) is 4.57 Å². The normalized spacial score (nSPS) is 10.9. The van der Waals surface area contributed by atoms with Gasteiger partial charge in [0.05, 0.1) is 11.1 Å². The van der Waals surface area contributed by atoms with E-state index in [4.69, 9.17) is 0 Å². The van der Waals surface area contributed by atoms with Crippen molar-refractivity contribution in [2.75, 3.05) is 0 Å². The molecule has 1 N–H and O–H groups in total. The zero-order chi connectivity index (χ0) is 13.6. The summed E-state index contributed by atoms with van der Waals surface area (Å²) in [7, 11) is 1.67. The summed E-state index contributed by atoms with van der Waals surface area (Å²) < 4.78 is 1.52. The molecule has 0 fully saturated rings. The third-order valence-corrected chi connectivity index (χ3v) is 3.26. The Morgan fingerprint density at radius 1 is 1.22 bits per heavy atom. The van der Waals surface area contributed by atoms with E-state index in [1.807, 2.05) is 26.0 Å². The Bertz CT molecular complexity index is 726. The van der Waals surface area contributed by atoms with Crippen LogP contribution in [0.3, 0.4) is 0 Å². The van der Waals surface area contributed by atoms with Gasteiger partial charge in [-0.15, -0.1) is 0 Å². The van der Waals surface area contributed by atoms with Gasteiger partial charge in [-0.2, -0.15) is 0 Å². The average Bonchev–Trinajstić information content (AvgIpc) is 2.24. The smallest absolute Gasteiger partial charge is 0.336 e. The first-order valence-electron chi connectivity index (χ1n) is 5.68. The number of rotatable bonds is 1. The maximum atomic E-state index is 12.0. The van der Waals surface area contributed by atoms with Crippen LogP contribution in [0.25, 0.3) is 10.9 Å². The lowest BCUT2D eigenvalue weighted by molar-refractivity contribution is 0.0698. The van der Waals surface area contributed by atoms with Gasteiger partial charge in [0.15, 0.2) is 0 Å². The largest absolute Gasteiger partial charge is 0.478 e. The summed E-state index contributed by atoms with van der Waals surface area (Å²) in [5.74, 6) is -1.06. The zero-order valence-electron chi connectivity index (χ0n) is 10.9. The number of aryl methyl sites for hydroxylation is 3. The highest BCUT2D eigenvalue weighted by Gasteiger charge is 2.18. The van der Waals surface area contributed by atoms with Gasteiger partial charge in [-0.25, -0.2) is 4.79 Å².